The SMILES string of the molecule is CCC(NC(=O)CSc1nncn1-c1ccc(C)cc1)c1ccc(OC)cc1. The number of aromatic nitrogens is 3. The van der Waals surface area contributed by atoms with E-state index in [0.29, 0.717) is 5.16 Å². The number of methoxy groups -OCH3 is 1. The molecule has 3 rings (SSSR count). The van der Waals surface area contributed by atoms with Crippen molar-refractivity contribution >= 4 is 17.7 Å². The predicted octanol–water partition coefficient (Wildman–Crippen LogP) is 3.94. The van der Waals surface area contributed by atoms with Crippen molar-refractivity contribution in [3.05, 3.63) is 66.0 Å². The maximum Gasteiger partial charge on any atom is 0.230 e. The zero-order valence-electron chi connectivity index (χ0n) is 16.3. The van der Waals surface area contributed by atoms with Crippen molar-refractivity contribution in [3.63, 3.8) is 0 Å². The third-order valence-electron chi connectivity index (χ3n) is 4.42. The molecule has 28 heavy (non-hydrogen) atoms. The molecule has 6 nitrogen and oxygen atoms in total. The molecule has 0 saturated heterocycles. The molecule has 146 valence electrons. The minimum absolute atomic E-state index is 0.0334. The van der Waals surface area contributed by atoms with Crippen LogP contribution in [-0.4, -0.2) is 33.5 Å². The Balaban J connectivity index is 1.61. The second-order valence-electron chi connectivity index (χ2n) is 6.41. The molecule has 0 aliphatic rings. The summed E-state index contributed by atoms with van der Waals surface area (Å²) in [6.07, 6.45) is 2.47. The Kier molecular flexibility index (Phi) is 6.71. The van der Waals surface area contributed by atoms with Gasteiger partial charge in [-0.15, -0.1) is 10.2 Å². The van der Waals surface area contributed by atoms with Crippen molar-refractivity contribution in [2.75, 3.05) is 12.9 Å². The molecule has 3 aromatic rings. The number of carbonyl (C=O) groups is 1. The van der Waals surface area contributed by atoms with Crippen LogP contribution in [0.2, 0.25) is 0 Å². The number of rotatable bonds is 8. The smallest absolute Gasteiger partial charge is 0.230 e. The molecule has 0 aliphatic carbocycles. The van der Waals surface area contributed by atoms with Gasteiger partial charge in [0.15, 0.2) is 5.16 Å². The zero-order chi connectivity index (χ0) is 19.9. The summed E-state index contributed by atoms with van der Waals surface area (Å²) in [5.74, 6) is 1.04. The summed E-state index contributed by atoms with van der Waals surface area (Å²) in [4.78, 5) is 12.5. The first kappa shape index (κ1) is 19.9. The Bertz CT molecular complexity index is 907. The van der Waals surface area contributed by atoms with E-state index in [-0.39, 0.29) is 17.7 Å². The van der Waals surface area contributed by atoms with Gasteiger partial charge < -0.3 is 10.1 Å². The van der Waals surface area contributed by atoms with E-state index in [2.05, 4.69) is 22.4 Å². The Hall–Kier alpha value is -2.80. The molecule has 0 spiro atoms. The summed E-state index contributed by atoms with van der Waals surface area (Å²) in [6.45, 7) is 4.10. The molecule has 1 atom stereocenters. The monoisotopic (exact) mass is 396 g/mol. The standard InChI is InChI=1S/C21H24N4O2S/c1-4-19(16-7-11-18(27-3)12-8-16)23-20(26)13-28-21-24-22-14-25(21)17-9-5-15(2)6-10-17/h5-12,14,19H,4,13H2,1-3H3,(H,23,26). The van der Waals surface area contributed by atoms with Crippen LogP contribution in [0.15, 0.2) is 60.0 Å². The van der Waals surface area contributed by atoms with Gasteiger partial charge in [-0.3, -0.25) is 9.36 Å². The minimum Gasteiger partial charge on any atom is -0.497 e. The van der Waals surface area contributed by atoms with Crippen molar-refractivity contribution in [1.29, 1.82) is 0 Å². The first-order valence-corrected chi connectivity index (χ1v) is 10.1. The van der Waals surface area contributed by atoms with Gasteiger partial charge in [-0.05, 0) is 43.2 Å². The summed E-state index contributed by atoms with van der Waals surface area (Å²) < 4.78 is 7.08. The lowest BCUT2D eigenvalue weighted by atomic mass is 10.0. The lowest BCUT2D eigenvalue weighted by molar-refractivity contribution is -0.119. The van der Waals surface area contributed by atoms with Crippen molar-refractivity contribution in [2.24, 2.45) is 0 Å². The Morgan fingerprint density at radius 1 is 1.18 bits per heavy atom. The van der Waals surface area contributed by atoms with Gasteiger partial charge in [-0.1, -0.05) is 48.5 Å². The first-order valence-electron chi connectivity index (χ1n) is 9.14. The van der Waals surface area contributed by atoms with Gasteiger partial charge in [0.2, 0.25) is 5.91 Å². The highest BCUT2D eigenvalue weighted by Gasteiger charge is 2.15. The van der Waals surface area contributed by atoms with Crippen LogP contribution in [0.1, 0.15) is 30.5 Å². The summed E-state index contributed by atoms with van der Waals surface area (Å²) in [5.41, 5.74) is 3.22. The molecular weight excluding hydrogens is 372 g/mol. The first-order chi connectivity index (χ1) is 13.6. The molecule has 7 heteroatoms. The fourth-order valence-corrected chi connectivity index (χ4v) is 3.57. The fourth-order valence-electron chi connectivity index (χ4n) is 2.83. The summed E-state index contributed by atoms with van der Waals surface area (Å²) in [7, 11) is 1.64. The van der Waals surface area contributed by atoms with E-state index in [0.717, 1.165) is 23.4 Å². The molecule has 0 radical (unpaired) electrons. The average Bonchev–Trinajstić information content (AvgIpc) is 3.20. The Morgan fingerprint density at radius 2 is 1.89 bits per heavy atom. The number of nitrogens with zero attached hydrogens (tertiary/aromatic N) is 3. The van der Waals surface area contributed by atoms with E-state index in [9.17, 15) is 4.79 Å². The molecular formula is C21H24N4O2S. The quantitative estimate of drug-likeness (QED) is 0.584. The van der Waals surface area contributed by atoms with Crippen LogP contribution in [0.5, 0.6) is 5.75 Å². The van der Waals surface area contributed by atoms with Crippen molar-refractivity contribution < 1.29 is 9.53 Å². The van der Waals surface area contributed by atoms with Crippen LogP contribution < -0.4 is 10.1 Å². The van der Waals surface area contributed by atoms with E-state index < -0.39 is 0 Å². The number of carbonyl (C=O) groups excluding carboxylic acids is 1. The van der Waals surface area contributed by atoms with Gasteiger partial charge in [0.1, 0.15) is 12.1 Å². The molecule has 0 saturated carbocycles. The van der Waals surface area contributed by atoms with Crippen molar-refractivity contribution in [2.45, 2.75) is 31.5 Å². The maximum atomic E-state index is 12.5. The summed E-state index contributed by atoms with van der Waals surface area (Å²) in [5, 5.41) is 11.9. The molecule has 1 heterocycles. The highest BCUT2D eigenvalue weighted by molar-refractivity contribution is 7.99. The van der Waals surface area contributed by atoms with Crippen LogP contribution in [-0.2, 0) is 4.79 Å². The van der Waals surface area contributed by atoms with Crippen LogP contribution in [0.25, 0.3) is 5.69 Å². The number of thioether (sulfide) groups is 1. The molecule has 1 unspecified atom stereocenters. The molecule has 2 aromatic carbocycles. The van der Waals surface area contributed by atoms with E-state index in [1.165, 1.54) is 17.3 Å². The third kappa shape index (κ3) is 4.92. The second-order valence-corrected chi connectivity index (χ2v) is 7.35. The lowest BCUT2D eigenvalue weighted by Gasteiger charge is -2.17. The topological polar surface area (TPSA) is 69.0 Å². The van der Waals surface area contributed by atoms with Gasteiger partial charge in [0.25, 0.3) is 0 Å². The van der Waals surface area contributed by atoms with Crippen LogP contribution in [0.3, 0.4) is 0 Å². The minimum atomic E-state index is -0.0360. The number of amides is 1. The van der Waals surface area contributed by atoms with Crippen LogP contribution in [0.4, 0.5) is 0 Å². The maximum absolute atomic E-state index is 12.5. The van der Waals surface area contributed by atoms with Crippen molar-refractivity contribution in [3.8, 4) is 11.4 Å². The number of aryl methyl sites for hydroxylation is 1. The molecule has 1 aromatic heterocycles. The second kappa shape index (κ2) is 9.41. The molecule has 0 aliphatic heterocycles. The van der Waals surface area contributed by atoms with Crippen LogP contribution >= 0.6 is 11.8 Å². The number of hydrogen-bond donors (Lipinski definition) is 1. The predicted molar refractivity (Wildman–Crippen MR) is 111 cm³/mol. The molecule has 1 amide bonds. The average molecular weight is 397 g/mol. The lowest BCUT2D eigenvalue weighted by Crippen LogP contribution is -2.29. The Labute approximate surface area is 169 Å². The molecule has 0 bridgehead atoms. The van der Waals surface area contributed by atoms with E-state index >= 15 is 0 Å². The molecule has 0 fully saturated rings. The van der Waals surface area contributed by atoms with Gasteiger partial charge >= 0.3 is 0 Å². The van der Waals surface area contributed by atoms with E-state index in [1.807, 2.05) is 60.0 Å². The highest BCUT2D eigenvalue weighted by atomic mass is 32.2. The normalized spacial score (nSPS) is 11.8. The Morgan fingerprint density at radius 3 is 2.54 bits per heavy atom. The third-order valence-corrected chi connectivity index (χ3v) is 5.37. The molecule has 1 N–H and O–H groups in total. The van der Waals surface area contributed by atoms with Crippen molar-refractivity contribution in [1.82, 2.24) is 20.1 Å². The van der Waals surface area contributed by atoms with Gasteiger partial charge in [0.05, 0.1) is 18.9 Å². The zero-order valence-corrected chi connectivity index (χ0v) is 17.1. The van der Waals surface area contributed by atoms with Crippen LogP contribution in [0, 0.1) is 6.92 Å². The van der Waals surface area contributed by atoms with Gasteiger partial charge in [-0.2, -0.15) is 0 Å². The highest BCUT2D eigenvalue weighted by Crippen LogP contribution is 2.22. The number of ether oxygens (including phenoxy) is 1. The summed E-state index contributed by atoms with van der Waals surface area (Å²) in [6, 6.07) is 15.8. The summed E-state index contributed by atoms with van der Waals surface area (Å²) >= 11 is 1.37. The fraction of sp³-hybridized carbons (Fsp3) is 0.286. The number of nitrogens with one attached hydrogen (secondary N) is 1. The van der Waals surface area contributed by atoms with E-state index in [4.69, 9.17) is 4.74 Å². The number of hydrogen-bond acceptors (Lipinski definition) is 5. The largest absolute Gasteiger partial charge is 0.497 e. The van der Waals surface area contributed by atoms with Gasteiger partial charge in [-0.25, -0.2) is 0 Å². The van der Waals surface area contributed by atoms with Gasteiger partial charge in [0, 0.05) is 5.69 Å². The number of benzene rings is 2. The van der Waals surface area contributed by atoms with E-state index in [1.54, 1.807) is 13.4 Å².